The molecule has 0 spiro atoms. The zero-order valence-electron chi connectivity index (χ0n) is 16.0. The highest BCUT2D eigenvalue weighted by Crippen LogP contribution is 2.30. The molecule has 0 amide bonds. The van der Waals surface area contributed by atoms with Gasteiger partial charge in [-0.05, 0) is 41.4 Å². The second-order valence-corrected chi connectivity index (χ2v) is 9.33. The fourth-order valence-corrected chi connectivity index (χ4v) is 5.05. The highest BCUT2D eigenvalue weighted by atomic mass is 127. The Labute approximate surface area is 197 Å². The minimum Gasteiger partial charge on any atom is -0.463 e. The Kier molecular flexibility index (Phi) is 6.12. The minimum atomic E-state index is -0.605. The summed E-state index contributed by atoms with van der Waals surface area (Å²) in [7, 11) is 0. The van der Waals surface area contributed by atoms with Crippen molar-refractivity contribution in [1.82, 2.24) is 4.57 Å². The normalized spacial score (nSPS) is 16.4. The number of rotatable bonds is 4. The molecule has 1 atom stereocenters. The van der Waals surface area contributed by atoms with Crippen LogP contribution in [-0.4, -0.2) is 17.1 Å². The third-order valence-electron chi connectivity index (χ3n) is 4.57. The summed E-state index contributed by atoms with van der Waals surface area (Å²) in [6, 6.07) is 10.6. The number of furan rings is 1. The van der Waals surface area contributed by atoms with Crippen molar-refractivity contribution in [2.24, 2.45) is 4.99 Å². The van der Waals surface area contributed by atoms with E-state index in [4.69, 9.17) is 9.15 Å². The molecule has 0 N–H and O–H groups in total. The molecule has 0 radical (unpaired) electrons. The number of hydrogen-bond acceptors (Lipinski definition) is 6. The summed E-state index contributed by atoms with van der Waals surface area (Å²) < 4.78 is 14.5. The Morgan fingerprint density at radius 1 is 1.40 bits per heavy atom. The van der Waals surface area contributed by atoms with Crippen molar-refractivity contribution in [1.29, 1.82) is 0 Å². The maximum absolute atomic E-state index is 13.4. The van der Waals surface area contributed by atoms with Gasteiger partial charge < -0.3 is 9.15 Å². The number of nitrogens with zero attached hydrogens (tertiary/aromatic N) is 2. The molecule has 0 saturated heterocycles. The lowest BCUT2D eigenvalue weighted by molar-refractivity contribution is -0.139. The molecule has 0 unspecified atom stereocenters. The number of esters is 1. The van der Waals surface area contributed by atoms with Crippen LogP contribution < -0.4 is 14.9 Å². The largest absolute Gasteiger partial charge is 0.463 e. The molecular formula is C21H16BrIN2O4S. The summed E-state index contributed by atoms with van der Waals surface area (Å²) in [5.41, 5.74) is 1.50. The van der Waals surface area contributed by atoms with Crippen LogP contribution >= 0.6 is 49.9 Å². The second-order valence-electron chi connectivity index (χ2n) is 6.48. The number of halogens is 2. The molecule has 4 rings (SSSR count). The number of carbonyl (C=O) groups excluding carboxylic acids is 1. The summed E-state index contributed by atoms with van der Waals surface area (Å²) in [6.45, 7) is 3.77. The lowest BCUT2D eigenvalue weighted by atomic mass is 9.96. The van der Waals surface area contributed by atoms with Crippen LogP contribution in [0.1, 0.15) is 31.2 Å². The van der Waals surface area contributed by atoms with E-state index in [1.807, 2.05) is 36.4 Å². The maximum Gasteiger partial charge on any atom is 0.338 e. The lowest BCUT2D eigenvalue weighted by Gasteiger charge is -2.24. The Bertz CT molecular complexity index is 1320. The number of hydrogen-bond donors (Lipinski definition) is 0. The molecule has 30 heavy (non-hydrogen) atoms. The highest BCUT2D eigenvalue weighted by molar-refractivity contribution is 14.1. The molecule has 9 heteroatoms. The molecule has 1 aliphatic rings. The smallest absolute Gasteiger partial charge is 0.338 e. The van der Waals surface area contributed by atoms with Gasteiger partial charge in [0.1, 0.15) is 5.76 Å². The van der Waals surface area contributed by atoms with Gasteiger partial charge in [0.15, 0.2) is 8.57 Å². The molecule has 3 heterocycles. The minimum absolute atomic E-state index is 0.232. The average Bonchev–Trinajstić information content (AvgIpc) is 3.19. The van der Waals surface area contributed by atoms with Crippen LogP contribution in [0.2, 0.25) is 0 Å². The Balaban J connectivity index is 1.95. The second kappa shape index (κ2) is 8.64. The quantitative estimate of drug-likeness (QED) is 0.339. The summed E-state index contributed by atoms with van der Waals surface area (Å²) >= 11 is 6.75. The fourth-order valence-electron chi connectivity index (χ4n) is 3.31. The van der Waals surface area contributed by atoms with Gasteiger partial charge in [-0.15, -0.1) is 0 Å². The van der Waals surface area contributed by atoms with Gasteiger partial charge in [-0.2, -0.15) is 0 Å². The van der Waals surface area contributed by atoms with Crippen molar-refractivity contribution in [3.05, 3.63) is 86.9 Å². The van der Waals surface area contributed by atoms with E-state index in [1.165, 1.54) is 11.3 Å². The van der Waals surface area contributed by atoms with E-state index < -0.39 is 12.0 Å². The van der Waals surface area contributed by atoms with Crippen LogP contribution in [0.5, 0.6) is 0 Å². The Morgan fingerprint density at radius 3 is 2.77 bits per heavy atom. The highest BCUT2D eigenvalue weighted by Gasteiger charge is 2.33. The summed E-state index contributed by atoms with van der Waals surface area (Å²) in [5, 5.41) is 0. The van der Waals surface area contributed by atoms with Gasteiger partial charge in [0.25, 0.3) is 5.56 Å². The zero-order chi connectivity index (χ0) is 21.4. The molecule has 154 valence electrons. The van der Waals surface area contributed by atoms with Gasteiger partial charge in [-0.25, -0.2) is 9.79 Å². The first-order chi connectivity index (χ1) is 14.4. The first-order valence-electron chi connectivity index (χ1n) is 9.10. The Morgan fingerprint density at radius 2 is 2.13 bits per heavy atom. The van der Waals surface area contributed by atoms with Crippen molar-refractivity contribution < 1.29 is 13.9 Å². The summed E-state index contributed by atoms with van der Waals surface area (Å²) in [6.07, 6.45) is 1.70. The molecule has 1 aliphatic heterocycles. The van der Waals surface area contributed by atoms with Crippen LogP contribution in [0.4, 0.5) is 0 Å². The van der Waals surface area contributed by atoms with Crippen molar-refractivity contribution in [3.63, 3.8) is 0 Å². The number of fused-ring (bicyclic) bond motifs is 1. The first-order valence-corrected chi connectivity index (χ1v) is 11.8. The van der Waals surface area contributed by atoms with E-state index in [1.54, 1.807) is 24.5 Å². The Hall–Kier alpha value is -1.98. The monoisotopic (exact) mass is 598 g/mol. The lowest BCUT2D eigenvalue weighted by Crippen LogP contribution is -2.39. The topological polar surface area (TPSA) is 73.8 Å². The van der Waals surface area contributed by atoms with Gasteiger partial charge in [0, 0.05) is 28.7 Å². The van der Waals surface area contributed by atoms with Crippen molar-refractivity contribution in [2.45, 2.75) is 19.9 Å². The van der Waals surface area contributed by atoms with Gasteiger partial charge >= 0.3 is 5.97 Å². The van der Waals surface area contributed by atoms with Gasteiger partial charge in [0.05, 0.1) is 32.9 Å². The third-order valence-corrected chi connectivity index (χ3v) is 7.68. The van der Waals surface area contributed by atoms with Crippen molar-refractivity contribution in [3.8, 4) is 0 Å². The van der Waals surface area contributed by atoms with Gasteiger partial charge in [-0.1, -0.05) is 41.7 Å². The van der Waals surface area contributed by atoms with Crippen LogP contribution in [0.15, 0.2) is 66.3 Å². The molecular weight excluding hydrogens is 583 g/mol. The van der Waals surface area contributed by atoms with Gasteiger partial charge in [0.2, 0.25) is 0 Å². The van der Waals surface area contributed by atoms with E-state index in [0.29, 0.717) is 30.1 Å². The fraction of sp³-hybridized carbons (Fsp3) is 0.190. The predicted molar refractivity (Wildman–Crippen MR) is 126 cm³/mol. The van der Waals surface area contributed by atoms with Crippen molar-refractivity contribution >= 4 is 61.9 Å². The van der Waals surface area contributed by atoms with E-state index in [9.17, 15) is 9.59 Å². The molecule has 3 aromatic rings. The first kappa shape index (κ1) is 21.3. The summed E-state index contributed by atoms with van der Waals surface area (Å²) in [4.78, 5) is 31.2. The molecule has 0 fully saturated rings. The molecule has 0 aliphatic carbocycles. The molecule has 2 aromatic heterocycles. The van der Waals surface area contributed by atoms with E-state index in [-0.39, 0.29) is 12.2 Å². The van der Waals surface area contributed by atoms with Crippen LogP contribution in [0.3, 0.4) is 0 Å². The van der Waals surface area contributed by atoms with Gasteiger partial charge in [-0.3, -0.25) is 9.36 Å². The SMILES string of the molecule is CCOC(=O)C1=C(C)N=c2s/c(=C/c3cc(Br)c(I)o3)c(=O)n2[C@H]1c1ccccc1. The number of carbonyl (C=O) groups is 1. The van der Waals surface area contributed by atoms with Crippen molar-refractivity contribution in [2.75, 3.05) is 6.61 Å². The molecule has 6 nitrogen and oxygen atoms in total. The van der Waals surface area contributed by atoms with Crippen LogP contribution in [0, 0.1) is 3.77 Å². The van der Waals surface area contributed by atoms with Crippen LogP contribution in [0.25, 0.3) is 6.08 Å². The molecule has 1 aromatic carbocycles. The molecule has 0 saturated carbocycles. The number of aromatic nitrogens is 1. The van der Waals surface area contributed by atoms with E-state index in [2.05, 4.69) is 43.5 Å². The average molecular weight is 599 g/mol. The predicted octanol–water partition coefficient (Wildman–Crippen LogP) is 3.76. The maximum atomic E-state index is 13.4. The summed E-state index contributed by atoms with van der Waals surface area (Å²) in [5.74, 6) is 0.0977. The van der Waals surface area contributed by atoms with E-state index >= 15 is 0 Å². The number of allylic oxidation sites excluding steroid dienone is 1. The molecule has 0 bridgehead atoms. The standard InChI is InChI=1S/C21H16BrIN2O4S/c1-3-28-20(27)16-11(2)24-21-25(17(16)12-7-5-4-6-8-12)19(26)15(30-21)10-13-9-14(22)18(23)29-13/h4-10,17H,3H2,1-2H3/b15-10+/t17-/m0/s1. The number of benzene rings is 1. The third kappa shape index (κ3) is 3.85. The number of thiazole rings is 1. The van der Waals surface area contributed by atoms with E-state index in [0.717, 1.165) is 10.0 Å². The number of ether oxygens (including phenoxy) is 1. The zero-order valence-corrected chi connectivity index (χ0v) is 20.6. The van der Waals surface area contributed by atoms with Crippen LogP contribution in [-0.2, 0) is 9.53 Å².